The molecule has 8 aromatic carbocycles. The van der Waals surface area contributed by atoms with Crippen LogP contribution in [-0.2, 0) is 5.41 Å². The molecule has 4 nitrogen and oxygen atoms in total. The van der Waals surface area contributed by atoms with E-state index in [0.717, 1.165) is 40.9 Å². The van der Waals surface area contributed by atoms with E-state index >= 15 is 0 Å². The fraction of sp³-hybridized carbons (Fsp3) is 0.191. The third-order valence-corrected chi connectivity index (χ3v) is 14.2. The summed E-state index contributed by atoms with van der Waals surface area (Å²) in [5.41, 5.74) is 19.4. The summed E-state index contributed by atoms with van der Waals surface area (Å²) >= 11 is 0. The van der Waals surface area contributed by atoms with Gasteiger partial charge < -0.3 is 14.0 Å². The van der Waals surface area contributed by atoms with Crippen LogP contribution >= 0.6 is 0 Å². The zero-order valence-electron chi connectivity index (χ0n) is 43.7. The number of rotatable bonds is 6. The molecule has 0 spiro atoms. The summed E-state index contributed by atoms with van der Waals surface area (Å²) in [7, 11) is 0. The van der Waals surface area contributed by atoms with E-state index in [2.05, 4.69) is 225 Å². The van der Waals surface area contributed by atoms with Crippen LogP contribution in [0.1, 0.15) is 97.4 Å². The van der Waals surface area contributed by atoms with Gasteiger partial charge in [-0.25, -0.2) is 0 Å². The fourth-order valence-corrected chi connectivity index (χ4v) is 11.0. The van der Waals surface area contributed by atoms with Gasteiger partial charge in [-0.1, -0.05) is 162 Å². The lowest BCUT2D eigenvalue weighted by molar-refractivity contribution is 0.602. The Balaban J connectivity index is 0.000000533. The Morgan fingerprint density at radius 2 is 1.29 bits per heavy atom. The first-order valence-electron chi connectivity index (χ1n) is 25.8. The SMILES string of the molecule is C/C=C\C=C(C)C.CC.CC.Cc1ccccc1-n1c2ccccc2c2cc3c(ccc4c5cc(N(C6=CC7=C(CC6)C(C)(C)c6ccccc67)c6ccccc6)ccc5n(-c5ccc(C#N)cc5)c34)cc21. The van der Waals surface area contributed by atoms with E-state index in [4.69, 9.17) is 0 Å². The normalized spacial score (nSPS) is 13.4. The molecule has 0 radical (unpaired) electrons. The molecule has 0 unspecified atom stereocenters. The van der Waals surface area contributed by atoms with Crippen molar-refractivity contribution in [1.29, 1.82) is 5.26 Å². The highest BCUT2D eigenvalue weighted by atomic mass is 15.2. The van der Waals surface area contributed by atoms with Crippen molar-refractivity contribution in [1.82, 2.24) is 9.13 Å². The molecule has 10 aromatic rings. The Kier molecular flexibility index (Phi) is 14.0. The molecule has 0 saturated heterocycles. The number of aromatic nitrogens is 2. The molecule has 0 amide bonds. The summed E-state index contributed by atoms with van der Waals surface area (Å²) in [6.45, 7) is 21.1. The molecule has 0 atom stereocenters. The van der Waals surface area contributed by atoms with E-state index in [1.807, 2.05) is 58.9 Å². The van der Waals surface area contributed by atoms with Crippen molar-refractivity contribution in [2.24, 2.45) is 0 Å². The lowest BCUT2D eigenvalue weighted by Gasteiger charge is -2.32. The lowest BCUT2D eigenvalue weighted by atomic mass is 9.78. The summed E-state index contributed by atoms with van der Waals surface area (Å²) in [5, 5.41) is 17.0. The molecule has 2 aliphatic carbocycles. The third-order valence-electron chi connectivity index (χ3n) is 14.2. The molecule has 2 heterocycles. The number of fused-ring (bicyclic) bond motifs is 10. The summed E-state index contributed by atoms with van der Waals surface area (Å²) in [6, 6.07) is 64.0. The molecule has 0 bridgehead atoms. The maximum absolute atomic E-state index is 9.77. The van der Waals surface area contributed by atoms with E-state index in [0.29, 0.717) is 5.56 Å². The smallest absolute Gasteiger partial charge is 0.0991 e. The minimum Gasteiger partial charge on any atom is -0.314 e. The van der Waals surface area contributed by atoms with Crippen LogP contribution in [0, 0.1) is 18.3 Å². The summed E-state index contributed by atoms with van der Waals surface area (Å²) in [6.07, 6.45) is 10.6. The van der Waals surface area contributed by atoms with Crippen LogP contribution in [0.4, 0.5) is 11.4 Å². The Labute approximate surface area is 426 Å². The number of hydrogen-bond acceptors (Lipinski definition) is 2. The highest BCUT2D eigenvalue weighted by Gasteiger charge is 2.38. The third kappa shape index (κ3) is 8.54. The zero-order valence-corrected chi connectivity index (χ0v) is 43.7. The molecule has 72 heavy (non-hydrogen) atoms. The number of benzene rings is 8. The molecule has 4 heteroatoms. The van der Waals surface area contributed by atoms with Gasteiger partial charge in [0.15, 0.2) is 0 Å². The maximum atomic E-state index is 9.77. The van der Waals surface area contributed by atoms with Gasteiger partial charge in [-0.15, -0.1) is 0 Å². The Morgan fingerprint density at radius 1 is 0.611 bits per heavy atom. The first-order valence-corrected chi connectivity index (χ1v) is 25.8. The minimum atomic E-state index is 0.0153. The van der Waals surface area contributed by atoms with E-state index in [1.54, 1.807) is 0 Å². The van der Waals surface area contributed by atoms with Crippen LogP contribution in [0.5, 0.6) is 0 Å². The van der Waals surface area contributed by atoms with Gasteiger partial charge in [0.25, 0.3) is 0 Å². The number of anilines is 2. The van der Waals surface area contributed by atoms with Crippen molar-refractivity contribution < 1.29 is 0 Å². The quantitative estimate of drug-likeness (QED) is 0.156. The second-order valence-electron chi connectivity index (χ2n) is 19.0. The minimum absolute atomic E-state index is 0.0153. The predicted molar refractivity (Wildman–Crippen MR) is 311 cm³/mol. The second kappa shape index (κ2) is 20.7. The van der Waals surface area contributed by atoms with E-state index < -0.39 is 0 Å². The van der Waals surface area contributed by atoms with Crippen molar-refractivity contribution in [2.45, 2.75) is 87.5 Å². The average Bonchev–Trinajstić information content (AvgIpc) is 4.01. The van der Waals surface area contributed by atoms with Crippen LogP contribution in [0.2, 0.25) is 0 Å². The first-order chi connectivity index (χ1) is 35.2. The van der Waals surface area contributed by atoms with Gasteiger partial charge in [0, 0.05) is 60.8 Å². The Hall–Kier alpha value is -8.13. The molecule has 0 aliphatic heterocycles. The number of allylic oxidation sites excluding steroid dienone is 8. The molecular formula is C68H66N4. The van der Waals surface area contributed by atoms with Gasteiger partial charge in [0.2, 0.25) is 0 Å². The van der Waals surface area contributed by atoms with Gasteiger partial charge in [-0.3, -0.25) is 0 Å². The summed E-state index contributed by atoms with van der Waals surface area (Å²) in [5.74, 6) is 0. The number of aryl methyl sites for hydroxylation is 1. The molecule has 358 valence electrons. The molecular weight excluding hydrogens is 873 g/mol. The predicted octanol–water partition coefficient (Wildman–Crippen LogP) is 19.4. The highest BCUT2D eigenvalue weighted by Crippen LogP contribution is 2.52. The summed E-state index contributed by atoms with van der Waals surface area (Å²) < 4.78 is 4.83. The Bertz CT molecular complexity index is 3800. The van der Waals surface area contributed by atoms with E-state index in [1.165, 1.54) is 88.1 Å². The van der Waals surface area contributed by atoms with Crippen molar-refractivity contribution in [3.05, 3.63) is 233 Å². The molecule has 0 N–H and O–H groups in total. The average molecular weight is 939 g/mol. The van der Waals surface area contributed by atoms with Crippen molar-refractivity contribution in [3.63, 3.8) is 0 Å². The molecule has 12 rings (SSSR count). The van der Waals surface area contributed by atoms with Crippen LogP contribution in [-0.4, -0.2) is 9.13 Å². The van der Waals surface area contributed by atoms with Crippen molar-refractivity contribution >= 4 is 71.3 Å². The molecule has 2 aliphatic rings. The number of hydrogen-bond donors (Lipinski definition) is 0. The maximum Gasteiger partial charge on any atom is 0.0991 e. The van der Waals surface area contributed by atoms with Gasteiger partial charge in [-0.2, -0.15) is 5.26 Å². The fourth-order valence-electron chi connectivity index (χ4n) is 11.0. The molecule has 2 aromatic heterocycles. The lowest BCUT2D eigenvalue weighted by Crippen LogP contribution is -2.22. The number of nitrogens with zero attached hydrogens (tertiary/aromatic N) is 4. The second-order valence-corrected chi connectivity index (χ2v) is 19.0. The van der Waals surface area contributed by atoms with Gasteiger partial charge in [0.1, 0.15) is 0 Å². The largest absolute Gasteiger partial charge is 0.314 e. The number of para-hydroxylation sites is 3. The van der Waals surface area contributed by atoms with E-state index in [9.17, 15) is 5.26 Å². The van der Waals surface area contributed by atoms with Crippen LogP contribution in [0.25, 0.3) is 71.3 Å². The van der Waals surface area contributed by atoms with Gasteiger partial charge >= 0.3 is 0 Å². The monoisotopic (exact) mass is 939 g/mol. The van der Waals surface area contributed by atoms with Crippen LogP contribution in [0.15, 0.2) is 211 Å². The zero-order chi connectivity index (χ0) is 50.7. The molecule has 0 saturated carbocycles. The van der Waals surface area contributed by atoms with Crippen molar-refractivity contribution in [2.75, 3.05) is 4.90 Å². The van der Waals surface area contributed by atoms with Crippen LogP contribution < -0.4 is 4.90 Å². The van der Waals surface area contributed by atoms with Gasteiger partial charge in [-0.05, 0) is 153 Å². The highest BCUT2D eigenvalue weighted by molar-refractivity contribution is 6.23. The van der Waals surface area contributed by atoms with Crippen LogP contribution in [0.3, 0.4) is 0 Å². The Morgan fingerprint density at radius 3 is 2.01 bits per heavy atom. The molecule has 0 fully saturated rings. The van der Waals surface area contributed by atoms with Gasteiger partial charge in [0.05, 0.1) is 33.7 Å². The van der Waals surface area contributed by atoms with E-state index in [-0.39, 0.29) is 5.41 Å². The first kappa shape index (κ1) is 48.9. The standard InChI is InChI=1S/C57H42N4.C7H12.2C2H6/c1-36-13-7-11-19-52(36)61-53-20-12-9-17-44(53)49-34-46-38(31-55(49)61)23-28-45-48-33-42(27-30-54(48)60(56(45)46)40-24-21-37(35-58)22-25-40)59(39-14-5-4-6-15-39)41-26-29-51-47(32-41)43-16-8-10-18-50(43)57(51,2)3;1-4-5-6-7(2)3;2*1-2/h4-25,27-28,30-34H,26,29H2,1-3H3;4-6H,1-3H3;2*1-2H3/b;5-4-;;. The number of nitriles is 1. The topological polar surface area (TPSA) is 36.9 Å². The summed E-state index contributed by atoms with van der Waals surface area (Å²) in [4.78, 5) is 2.48. The van der Waals surface area contributed by atoms with Crippen molar-refractivity contribution in [3.8, 4) is 17.4 Å².